The van der Waals surface area contributed by atoms with E-state index in [1.807, 2.05) is 19.9 Å². The van der Waals surface area contributed by atoms with Gasteiger partial charge in [-0.15, -0.1) is 0 Å². The molecule has 0 saturated carbocycles. The van der Waals surface area contributed by atoms with Crippen LogP contribution in [0.2, 0.25) is 0 Å². The quantitative estimate of drug-likeness (QED) is 0.909. The van der Waals surface area contributed by atoms with Gasteiger partial charge in [0.2, 0.25) is 5.91 Å². The summed E-state index contributed by atoms with van der Waals surface area (Å²) in [5.74, 6) is -0.158. The fourth-order valence-electron chi connectivity index (χ4n) is 2.28. The second-order valence-corrected chi connectivity index (χ2v) is 5.10. The molecule has 1 aromatic rings. The molecule has 1 heterocycles. The molecular weight excluding hydrogens is 254 g/mol. The second kappa shape index (κ2) is 5.74. The van der Waals surface area contributed by atoms with E-state index in [0.717, 1.165) is 5.56 Å². The van der Waals surface area contributed by atoms with Crippen LogP contribution in [-0.2, 0) is 11.2 Å². The first-order chi connectivity index (χ1) is 9.52. The van der Waals surface area contributed by atoms with Crippen LogP contribution in [0.1, 0.15) is 36.2 Å². The Balaban J connectivity index is 2.22. The molecule has 0 radical (unpaired) electrons. The third-order valence-electron chi connectivity index (χ3n) is 3.33. The monoisotopic (exact) mass is 271 g/mol. The highest BCUT2D eigenvalue weighted by atomic mass is 16.2. The maximum Gasteiger partial charge on any atom is 0.254 e. The maximum atomic E-state index is 12.5. The van der Waals surface area contributed by atoms with Gasteiger partial charge < -0.3 is 10.2 Å². The van der Waals surface area contributed by atoms with Crippen LogP contribution in [0.3, 0.4) is 0 Å². The number of hydrogen-bond donors (Lipinski definition) is 1. The number of fused-ring (bicyclic) bond motifs is 1. The lowest BCUT2D eigenvalue weighted by atomic mass is 10.1. The number of hydrogen-bond acceptors (Lipinski definition) is 3. The molecule has 1 aliphatic rings. The van der Waals surface area contributed by atoms with Crippen molar-refractivity contribution < 1.29 is 9.59 Å². The van der Waals surface area contributed by atoms with Gasteiger partial charge >= 0.3 is 0 Å². The van der Waals surface area contributed by atoms with Gasteiger partial charge in [-0.05, 0) is 31.5 Å². The molecule has 2 rings (SSSR count). The van der Waals surface area contributed by atoms with Crippen molar-refractivity contribution >= 4 is 17.5 Å². The molecule has 0 bridgehead atoms. The van der Waals surface area contributed by atoms with E-state index in [4.69, 9.17) is 5.26 Å². The highest BCUT2D eigenvalue weighted by Crippen LogP contribution is 2.25. The van der Waals surface area contributed by atoms with E-state index in [0.29, 0.717) is 30.6 Å². The molecule has 1 aliphatic heterocycles. The fourth-order valence-corrected chi connectivity index (χ4v) is 2.28. The van der Waals surface area contributed by atoms with E-state index in [2.05, 4.69) is 11.4 Å². The lowest BCUT2D eigenvalue weighted by molar-refractivity contribution is -0.115. The Hall–Kier alpha value is -2.35. The van der Waals surface area contributed by atoms with Gasteiger partial charge in [0.1, 0.15) is 0 Å². The first kappa shape index (κ1) is 14.1. The zero-order chi connectivity index (χ0) is 14.7. The first-order valence-electron chi connectivity index (χ1n) is 6.63. The van der Waals surface area contributed by atoms with Crippen LogP contribution in [0.4, 0.5) is 5.69 Å². The smallest absolute Gasteiger partial charge is 0.254 e. The number of nitrogens with zero attached hydrogens (tertiary/aromatic N) is 2. The second-order valence-electron chi connectivity index (χ2n) is 5.10. The molecule has 0 unspecified atom stereocenters. The van der Waals surface area contributed by atoms with Crippen LogP contribution in [0.25, 0.3) is 0 Å². The number of amides is 2. The van der Waals surface area contributed by atoms with Crippen molar-refractivity contribution in [3.8, 4) is 6.07 Å². The van der Waals surface area contributed by atoms with Gasteiger partial charge in [-0.3, -0.25) is 9.59 Å². The molecule has 5 nitrogen and oxygen atoms in total. The molecule has 0 aromatic heterocycles. The van der Waals surface area contributed by atoms with E-state index < -0.39 is 0 Å². The summed E-state index contributed by atoms with van der Waals surface area (Å²) in [6.07, 6.45) is 0.678. The molecule has 5 heteroatoms. The van der Waals surface area contributed by atoms with Gasteiger partial charge in [0, 0.05) is 23.8 Å². The largest absolute Gasteiger partial charge is 0.335 e. The molecule has 0 fully saturated rings. The van der Waals surface area contributed by atoms with Crippen molar-refractivity contribution in [1.82, 2.24) is 4.90 Å². The van der Waals surface area contributed by atoms with E-state index in [-0.39, 0.29) is 17.9 Å². The Labute approximate surface area is 118 Å². The van der Waals surface area contributed by atoms with Crippen LogP contribution in [-0.4, -0.2) is 29.3 Å². The molecule has 2 amide bonds. The van der Waals surface area contributed by atoms with Crippen LogP contribution in [0.5, 0.6) is 0 Å². The van der Waals surface area contributed by atoms with Gasteiger partial charge in [0.05, 0.1) is 18.9 Å². The fraction of sp³-hybridized carbons (Fsp3) is 0.400. The predicted molar refractivity (Wildman–Crippen MR) is 75.2 cm³/mol. The number of anilines is 1. The zero-order valence-corrected chi connectivity index (χ0v) is 11.6. The van der Waals surface area contributed by atoms with Gasteiger partial charge in [0.15, 0.2) is 0 Å². The highest BCUT2D eigenvalue weighted by Gasteiger charge is 2.22. The number of carbonyl (C=O) groups is 2. The molecule has 1 aromatic carbocycles. The topological polar surface area (TPSA) is 73.2 Å². The van der Waals surface area contributed by atoms with Crippen LogP contribution in [0, 0.1) is 11.3 Å². The molecule has 0 spiro atoms. The predicted octanol–water partition coefficient (Wildman–Crippen LogP) is 1.95. The van der Waals surface area contributed by atoms with Crippen molar-refractivity contribution in [3.05, 3.63) is 29.3 Å². The van der Waals surface area contributed by atoms with Crippen LogP contribution in [0.15, 0.2) is 18.2 Å². The minimum atomic E-state index is -0.112. The van der Waals surface area contributed by atoms with Crippen LogP contribution >= 0.6 is 0 Å². The Kier molecular flexibility index (Phi) is 4.04. The standard InChI is InChI=1S/C15H17N3O2/c1-10(2)18(7-3-6-16)15(20)12-5-4-11-9-14(19)17-13(11)8-12/h4-5,8,10H,3,7,9H2,1-2H3,(H,17,19). The van der Waals surface area contributed by atoms with E-state index >= 15 is 0 Å². The highest BCUT2D eigenvalue weighted by molar-refractivity contribution is 6.02. The average molecular weight is 271 g/mol. The first-order valence-corrected chi connectivity index (χ1v) is 6.63. The summed E-state index contributed by atoms with van der Waals surface area (Å²) in [5, 5.41) is 11.4. The van der Waals surface area contributed by atoms with E-state index in [1.165, 1.54) is 0 Å². The maximum absolute atomic E-state index is 12.5. The van der Waals surface area contributed by atoms with Gasteiger partial charge in [-0.2, -0.15) is 5.26 Å². The van der Waals surface area contributed by atoms with Crippen molar-refractivity contribution in [3.63, 3.8) is 0 Å². The van der Waals surface area contributed by atoms with E-state index in [9.17, 15) is 9.59 Å². The normalized spacial score (nSPS) is 12.8. The Morgan fingerprint density at radius 3 is 2.90 bits per heavy atom. The van der Waals surface area contributed by atoms with E-state index in [1.54, 1.807) is 17.0 Å². The van der Waals surface area contributed by atoms with Crippen molar-refractivity contribution in [2.24, 2.45) is 0 Å². The summed E-state index contributed by atoms with van der Waals surface area (Å²) in [6, 6.07) is 7.34. The minimum Gasteiger partial charge on any atom is -0.335 e. The summed E-state index contributed by atoms with van der Waals surface area (Å²) >= 11 is 0. The van der Waals surface area contributed by atoms with Gasteiger partial charge in [-0.25, -0.2) is 0 Å². The van der Waals surface area contributed by atoms with Gasteiger partial charge in [-0.1, -0.05) is 6.07 Å². The summed E-state index contributed by atoms with van der Waals surface area (Å²) in [7, 11) is 0. The van der Waals surface area contributed by atoms with Crippen molar-refractivity contribution in [2.45, 2.75) is 32.7 Å². The number of nitrogens with one attached hydrogen (secondary N) is 1. The molecule has 20 heavy (non-hydrogen) atoms. The Morgan fingerprint density at radius 2 is 2.25 bits per heavy atom. The summed E-state index contributed by atoms with van der Waals surface area (Å²) in [5.41, 5.74) is 2.17. The third kappa shape index (κ3) is 2.80. The molecule has 0 atom stereocenters. The van der Waals surface area contributed by atoms with Crippen molar-refractivity contribution in [2.75, 3.05) is 11.9 Å². The molecule has 1 N–H and O–H groups in total. The summed E-state index contributed by atoms with van der Waals surface area (Å²) in [4.78, 5) is 25.5. The SMILES string of the molecule is CC(C)N(CCC#N)C(=O)c1ccc2c(c1)NC(=O)C2. The molecule has 0 saturated heterocycles. The Bertz CT molecular complexity index is 587. The van der Waals surface area contributed by atoms with Crippen molar-refractivity contribution in [1.29, 1.82) is 5.26 Å². The molecule has 104 valence electrons. The number of benzene rings is 1. The Morgan fingerprint density at radius 1 is 1.50 bits per heavy atom. The number of carbonyl (C=O) groups excluding carboxylic acids is 2. The number of nitriles is 1. The lowest BCUT2D eigenvalue weighted by Crippen LogP contribution is -2.37. The number of rotatable bonds is 4. The lowest BCUT2D eigenvalue weighted by Gasteiger charge is -2.26. The minimum absolute atomic E-state index is 0.0266. The molecular formula is C15H17N3O2. The van der Waals surface area contributed by atoms with Gasteiger partial charge in [0.25, 0.3) is 5.91 Å². The molecule has 0 aliphatic carbocycles. The summed E-state index contributed by atoms with van der Waals surface area (Å²) in [6.45, 7) is 4.26. The summed E-state index contributed by atoms with van der Waals surface area (Å²) < 4.78 is 0. The van der Waals surface area contributed by atoms with Crippen LogP contribution < -0.4 is 5.32 Å². The third-order valence-corrected chi connectivity index (χ3v) is 3.33. The average Bonchev–Trinajstić information content (AvgIpc) is 2.77. The zero-order valence-electron chi connectivity index (χ0n) is 11.6.